The van der Waals surface area contributed by atoms with Gasteiger partial charge in [-0.15, -0.1) is 0 Å². The van der Waals surface area contributed by atoms with Crippen LogP contribution in [0.2, 0.25) is 0 Å². The van der Waals surface area contributed by atoms with Gasteiger partial charge in [-0.3, -0.25) is 0 Å². The average Bonchev–Trinajstić information content (AvgIpc) is 2.80. The molecule has 0 radical (unpaired) electrons. The topological polar surface area (TPSA) is 63.3 Å². The van der Waals surface area contributed by atoms with Crippen molar-refractivity contribution in [3.63, 3.8) is 0 Å². The molecule has 20 heavy (non-hydrogen) atoms. The third-order valence-corrected chi connectivity index (χ3v) is 3.49. The molecule has 0 aliphatic carbocycles. The van der Waals surface area contributed by atoms with E-state index in [1.54, 1.807) is 30.8 Å². The van der Waals surface area contributed by atoms with Gasteiger partial charge in [-0.1, -0.05) is 6.07 Å². The molecule has 102 valence electrons. The second-order valence-electron chi connectivity index (χ2n) is 5.06. The van der Waals surface area contributed by atoms with Crippen molar-refractivity contribution >= 4 is 21.6 Å². The molecule has 6 heteroatoms. The second kappa shape index (κ2) is 4.64. The fraction of sp³-hybridized carbons (Fsp3) is 0.214. The number of aromatic nitrogens is 4. The number of hydrogen-bond donors (Lipinski definition) is 1. The zero-order chi connectivity index (χ0) is 14.3. The summed E-state index contributed by atoms with van der Waals surface area (Å²) in [5.41, 5.74) is 2.07. The SMILES string of the molecule is CC(C)(O)c1cnn2c(-c3cccc(Br)n3)cnc2c1. The first kappa shape index (κ1) is 13.2. The molecule has 0 unspecified atom stereocenters. The predicted octanol–water partition coefficient (Wildman–Crippen LogP) is 2.78. The van der Waals surface area contributed by atoms with Gasteiger partial charge in [-0.25, -0.2) is 14.5 Å². The Labute approximate surface area is 124 Å². The van der Waals surface area contributed by atoms with Gasteiger partial charge >= 0.3 is 0 Å². The van der Waals surface area contributed by atoms with Crippen molar-refractivity contribution in [3.05, 3.63) is 46.8 Å². The van der Waals surface area contributed by atoms with Gasteiger partial charge in [0.1, 0.15) is 10.3 Å². The van der Waals surface area contributed by atoms with Gasteiger partial charge in [0.05, 0.1) is 23.7 Å². The van der Waals surface area contributed by atoms with Gasteiger partial charge in [0.2, 0.25) is 0 Å². The van der Waals surface area contributed by atoms with Crippen molar-refractivity contribution in [1.82, 2.24) is 19.6 Å². The molecule has 3 aromatic rings. The van der Waals surface area contributed by atoms with Crippen LogP contribution in [0.4, 0.5) is 0 Å². The fourth-order valence-corrected chi connectivity index (χ4v) is 2.28. The molecular formula is C14H13BrN4O. The van der Waals surface area contributed by atoms with E-state index in [1.807, 2.05) is 24.3 Å². The van der Waals surface area contributed by atoms with E-state index in [-0.39, 0.29) is 0 Å². The molecule has 0 atom stereocenters. The highest BCUT2D eigenvalue weighted by Crippen LogP contribution is 2.23. The molecule has 0 aromatic carbocycles. The van der Waals surface area contributed by atoms with Crippen LogP contribution in [0, 0.1) is 0 Å². The van der Waals surface area contributed by atoms with Gasteiger partial charge in [0.15, 0.2) is 5.65 Å². The normalized spacial score (nSPS) is 12.0. The maximum absolute atomic E-state index is 10.0. The third-order valence-electron chi connectivity index (χ3n) is 3.05. The van der Waals surface area contributed by atoms with Crippen LogP contribution in [-0.4, -0.2) is 24.7 Å². The Kier molecular flexibility index (Phi) is 3.07. The highest BCUT2D eigenvalue weighted by atomic mass is 79.9. The van der Waals surface area contributed by atoms with Crippen LogP contribution in [0.15, 0.2) is 41.3 Å². The van der Waals surface area contributed by atoms with Gasteiger partial charge in [0, 0.05) is 5.56 Å². The summed E-state index contributed by atoms with van der Waals surface area (Å²) in [6.45, 7) is 3.44. The Bertz CT molecular complexity index is 776. The quantitative estimate of drug-likeness (QED) is 0.733. The first-order valence-corrected chi connectivity index (χ1v) is 6.94. The highest BCUT2D eigenvalue weighted by molar-refractivity contribution is 9.10. The number of nitrogens with zero attached hydrogens (tertiary/aromatic N) is 4. The van der Waals surface area contributed by atoms with Crippen LogP contribution in [0.5, 0.6) is 0 Å². The molecule has 0 aliphatic heterocycles. The van der Waals surface area contributed by atoms with Crippen LogP contribution < -0.4 is 0 Å². The van der Waals surface area contributed by atoms with Crippen LogP contribution in [0.3, 0.4) is 0 Å². The molecule has 0 fully saturated rings. The van der Waals surface area contributed by atoms with Crippen molar-refractivity contribution in [2.75, 3.05) is 0 Å². The lowest BCUT2D eigenvalue weighted by molar-refractivity contribution is 0.0781. The number of halogens is 1. The van der Waals surface area contributed by atoms with Crippen LogP contribution >= 0.6 is 15.9 Å². The van der Waals surface area contributed by atoms with Crippen molar-refractivity contribution < 1.29 is 5.11 Å². The van der Waals surface area contributed by atoms with Crippen molar-refractivity contribution in [2.24, 2.45) is 0 Å². The maximum atomic E-state index is 10.0. The number of rotatable bonds is 2. The number of hydrogen-bond acceptors (Lipinski definition) is 4. The van der Waals surface area contributed by atoms with Crippen molar-refractivity contribution in [3.8, 4) is 11.4 Å². The molecule has 0 saturated carbocycles. The Morgan fingerprint density at radius 3 is 2.75 bits per heavy atom. The second-order valence-corrected chi connectivity index (χ2v) is 5.87. The third kappa shape index (κ3) is 2.32. The molecule has 1 N–H and O–H groups in total. The molecule has 0 amide bonds. The van der Waals surface area contributed by atoms with Crippen LogP contribution in [0.1, 0.15) is 19.4 Å². The van der Waals surface area contributed by atoms with Gasteiger partial charge in [-0.05, 0) is 48.0 Å². The van der Waals surface area contributed by atoms with Crippen LogP contribution in [-0.2, 0) is 5.60 Å². The molecule has 3 rings (SSSR count). The summed E-state index contributed by atoms with van der Waals surface area (Å²) < 4.78 is 2.47. The minimum absolute atomic E-state index is 0.682. The number of aliphatic hydroxyl groups is 1. The summed E-state index contributed by atoms with van der Waals surface area (Å²) >= 11 is 3.36. The van der Waals surface area contributed by atoms with Gasteiger partial charge in [0.25, 0.3) is 0 Å². The van der Waals surface area contributed by atoms with Crippen molar-refractivity contribution in [1.29, 1.82) is 0 Å². The highest BCUT2D eigenvalue weighted by Gasteiger charge is 2.18. The number of imidazole rings is 1. The standard InChI is InChI=1S/C14H13BrN4O/c1-14(2,20)9-6-13-16-8-11(19(13)17-7-9)10-4-3-5-12(15)18-10/h3-8,20H,1-2H3. The molecule has 0 saturated heterocycles. The number of pyridine rings is 1. The largest absolute Gasteiger partial charge is 0.386 e. The summed E-state index contributed by atoms with van der Waals surface area (Å²) in [5, 5.41) is 14.4. The summed E-state index contributed by atoms with van der Waals surface area (Å²) in [7, 11) is 0. The lowest BCUT2D eigenvalue weighted by Gasteiger charge is -2.16. The molecule has 5 nitrogen and oxygen atoms in total. The molecule has 0 bridgehead atoms. The van der Waals surface area contributed by atoms with Gasteiger partial charge in [-0.2, -0.15) is 5.10 Å². The number of fused-ring (bicyclic) bond motifs is 1. The minimum atomic E-state index is -0.936. The molecule has 3 aromatic heterocycles. The molecule has 0 spiro atoms. The first-order chi connectivity index (χ1) is 9.45. The Hall–Kier alpha value is -1.79. The van der Waals surface area contributed by atoms with E-state index in [4.69, 9.17) is 0 Å². The molecular weight excluding hydrogens is 320 g/mol. The van der Waals surface area contributed by atoms with E-state index >= 15 is 0 Å². The monoisotopic (exact) mass is 332 g/mol. The Morgan fingerprint density at radius 1 is 1.25 bits per heavy atom. The molecule has 3 heterocycles. The van der Waals surface area contributed by atoms with E-state index in [2.05, 4.69) is 31.0 Å². The maximum Gasteiger partial charge on any atom is 0.154 e. The van der Waals surface area contributed by atoms with Crippen molar-refractivity contribution in [2.45, 2.75) is 19.4 Å². The average molecular weight is 333 g/mol. The zero-order valence-electron chi connectivity index (χ0n) is 11.1. The Balaban J connectivity index is 2.15. The zero-order valence-corrected chi connectivity index (χ0v) is 12.7. The Morgan fingerprint density at radius 2 is 2.05 bits per heavy atom. The summed E-state index contributed by atoms with van der Waals surface area (Å²) in [5.74, 6) is 0. The lowest BCUT2D eigenvalue weighted by Crippen LogP contribution is -2.16. The van der Waals surface area contributed by atoms with E-state index in [0.29, 0.717) is 5.65 Å². The summed E-state index contributed by atoms with van der Waals surface area (Å²) in [6, 6.07) is 7.51. The van der Waals surface area contributed by atoms with E-state index < -0.39 is 5.60 Å². The molecule has 0 aliphatic rings. The van der Waals surface area contributed by atoms with E-state index in [1.165, 1.54) is 0 Å². The first-order valence-electron chi connectivity index (χ1n) is 6.15. The summed E-state index contributed by atoms with van der Waals surface area (Å²) in [4.78, 5) is 8.74. The van der Waals surface area contributed by atoms with E-state index in [9.17, 15) is 5.11 Å². The minimum Gasteiger partial charge on any atom is -0.386 e. The summed E-state index contributed by atoms with van der Waals surface area (Å²) in [6.07, 6.45) is 3.38. The van der Waals surface area contributed by atoms with Gasteiger partial charge < -0.3 is 5.11 Å². The smallest absolute Gasteiger partial charge is 0.154 e. The van der Waals surface area contributed by atoms with E-state index in [0.717, 1.165) is 21.6 Å². The predicted molar refractivity (Wildman–Crippen MR) is 79.2 cm³/mol. The van der Waals surface area contributed by atoms with Crippen LogP contribution in [0.25, 0.3) is 17.0 Å². The fourth-order valence-electron chi connectivity index (χ4n) is 1.94. The lowest BCUT2D eigenvalue weighted by atomic mass is 10.0.